The summed E-state index contributed by atoms with van der Waals surface area (Å²) in [7, 11) is 0. The number of hydrogen-bond donors (Lipinski definition) is 2. The Balaban J connectivity index is 2.03. The van der Waals surface area contributed by atoms with Gasteiger partial charge in [-0.3, -0.25) is 0 Å². The summed E-state index contributed by atoms with van der Waals surface area (Å²) in [6, 6.07) is 14.8. The highest BCUT2D eigenvalue weighted by Crippen LogP contribution is 2.23. The zero-order chi connectivity index (χ0) is 13.8. The molecule has 0 fully saturated rings. The molecule has 0 amide bonds. The Morgan fingerprint density at radius 3 is 2.21 bits per heavy atom. The third kappa shape index (κ3) is 3.36. The molecule has 0 aliphatic rings. The van der Waals surface area contributed by atoms with E-state index in [4.69, 9.17) is 0 Å². The molecule has 0 aliphatic carbocycles. The first-order valence-corrected chi connectivity index (χ1v) is 6.65. The predicted molar refractivity (Wildman–Crippen MR) is 79.3 cm³/mol. The fraction of sp³-hybridized carbons (Fsp3) is 0.294. The molecule has 1 unspecified atom stereocenters. The lowest BCUT2D eigenvalue weighted by Gasteiger charge is -2.15. The summed E-state index contributed by atoms with van der Waals surface area (Å²) >= 11 is 0. The zero-order valence-electron chi connectivity index (χ0n) is 11.8. The van der Waals surface area contributed by atoms with Gasteiger partial charge in [-0.1, -0.05) is 42.5 Å². The van der Waals surface area contributed by atoms with E-state index in [1.54, 1.807) is 0 Å². The van der Waals surface area contributed by atoms with Crippen molar-refractivity contribution in [2.75, 3.05) is 0 Å². The van der Waals surface area contributed by atoms with Crippen molar-refractivity contribution in [3.63, 3.8) is 0 Å². The van der Waals surface area contributed by atoms with Gasteiger partial charge in [0.25, 0.3) is 0 Å². The first-order valence-electron chi connectivity index (χ1n) is 6.65. The standard InChI is InChI=1S/C17H21NO/c1-12-9-15(10-13(2)17(12)19)11-18-14(3)16-7-5-4-6-8-16/h4-10,14,18-19H,11H2,1-3H3. The van der Waals surface area contributed by atoms with Gasteiger partial charge in [-0.15, -0.1) is 0 Å². The Kier molecular flexibility index (Phi) is 4.23. The van der Waals surface area contributed by atoms with E-state index in [-0.39, 0.29) is 0 Å². The Hall–Kier alpha value is -1.80. The van der Waals surface area contributed by atoms with Crippen LogP contribution in [0.5, 0.6) is 5.75 Å². The number of rotatable bonds is 4. The summed E-state index contributed by atoms with van der Waals surface area (Å²) in [6.45, 7) is 6.84. The Morgan fingerprint density at radius 2 is 1.63 bits per heavy atom. The molecule has 0 bridgehead atoms. The summed E-state index contributed by atoms with van der Waals surface area (Å²) < 4.78 is 0. The summed E-state index contributed by atoms with van der Waals surface area (Å²) in [6.07, 6.45) is 0. The highest BCUT2D eigenvalue weighted by Gasteiger charge is 2.06. The molecular formula is C17H21NO. The molecular weight excluding hydrogens is 234 g/mol. The van der Waals surface area contributed by atoms with Crippen molar-refractivity contribution in [1.82, 2.24) is 5.32 Å². The van der Waals surface area contributed by atoms with Crippen LogP contribution in [0.15, 0.2) is 42.5 Å². The molecule has 100 valence electrons. The lowest BCUT2D eigenvalue weighted by atomic mass is 10.0. The second kappa shape index (κ2) is 5.89. The normalized spacial score (nSPS) is 12.4. The number of hydrogen-bond acceptors (Lipinski definition) is 2. The fourth-order valence-corrected chi connectivity index (χ4v) is 2.28. The molecule has 0 heterocycles. The van der Waals surface area contributed by atoms with Crippen LogP contribution in [0.3, 0.4) is 0 Å². The van der Waals surface area contributed by atoms with Gasteiger partial charge in [0.2, 0.25) is 0 Å². The summed E-state index contributed by atoms with van der Waals surface area (Å²) in [5, 5.41) is 13.3. The quantitative estimate of drug-likeness (QED) is 0.869. The average Bonchev–Trinajstić information content (AvgIpc) is 2.43. The third-order valence-electron chi connectivity index (χ3n) is 3.46. The molecule has 0 aliphatic heterocycles. The average molecular weight is 255 g/mol. The molecule has 0 aromatic heterocycles. The van der Waals surface area contributed by atoms with Gasteiger partial charge in [0.05, 0.1) is 0 Å². The lowest BCUT2D eigenvalue weighted by Crippen LogP contribution is -2.18. The Morgan fingerprint density at radius 1 is 1.05 bits per heavy atom. The van der Waals surface area contributed by atoms with Gasteiger partial charge >= 0.3 is 0 Å². The van der Waals surface area contributed by atoms with Crippen LogP contribution in [0.2, 0.25) is 0 Å². The van der Waals surface area contributed by atoms with Crippen LogP contribution in [0, 0.1) is 13.8 Å². The molecule has 0 saturated heterocycles. The van der Waals surface area contributed by atoms with E-state index in [1.807, 2.05) is 32.0 Å². The fourth-order valence-electron chi connectivity index (χ4n) is 2.28. The third-order valence-corrected chi connectivity index (χ3v) is 3.46. The topological polar surface area (TPSA) is 32.3 Å². The van der Waals surface area contributed by atoms with Crippen LogP contribution in [-0.2, 0) is 6.54 Å². The molecule has 19 heavy (non-hydrogen) atoms. The zero-order valence-corrected chi connectivity index (χ0v) is 11.8. The van der Waals surface area contributed by atoms with Gasteiger partial charge < -0.3 is 10.4 Å². The maximum Gasteiger partial charge on any atom is 0.121 e. The summed E-state index contributed by atoms with van der Waals surface area (Å²) in [4.78, 5) is 0. The summed E-state index contributed by atoms with van der Waals surface area (Å²) in [5.41, 5.74) is 4.36. The first kappa shape index (κ1) is 13.6. The molecule has 2 N–H and O–H groups in total. The molecule has 2 aromatic carbocycles. The Bertz CT molecular complexity index is 525. The lowest BCUT2D eigenvalue weighted by molar-refractivity contribution is 0.466. The van der Waals surface area contributed by atoms with Crippen molar-refractivity contribution in [3.8, 4) is 5.75 Å². The van der Waals surface area contributed by atoms with Crippen LogP contribution in [-0.4, -0.2) is 5.11 Å². The number of benzene rings is 2. The van der Waals surface area contributed by atoms with E-state index < -0.39 is 0 Å². The molecule has 1 atom stereocenters. The molecule has 0 radical (unpaired) electrons. The van der Waals surface area contributed by atoms with Crippen molar-refractivity contribution >= 4 is 0 Å². The van der Waals surface area contributed by atoms with Gasteiger partial charge in [0.15, 0.2) is 0 Å². The number of aryl methyl sites for hydroxylation is 2. The van der Waals surface area contributed by atoms with Crippen molar-refractivity contribution in [1.29, 1.82) is 0 Å². The molecule has 2 nitrogen and oxygen atoms in total. The van der Waals surface area contributed by atoms with Crippen LogP contribution >= 0.6 is 0 Å². The molecule has 0 saturated carbocycles. The highest BCUT2D eigenvalue weighted by molar-refractivity contribution is 5.42. The van der Waals surface area contributed by atoms with E-state index in [9.17, 15) is 5.11 Å². The van der Waals surface area contributed by atoms with Crippen LogP contribution < -0.4 is 5.32 Å². The number of phenolic OH excluding ortho intramolecular Hbond substituents is 1. The molecule has 2 rings (SSSR count). The van der Waals surface area contributed by atoms with E-state index in [2.05, 4.69) is 36.5 Å². The second-order valence-electron chi connectivity index (χ2n) is 5.09. The van der Waals surface area contributed by atoms with Crippen molar-refractivity contribution < 1.29 is 5.11 Å². The van der Waals surface area contributed by atoms with Crippen molar-refractivity contribution in [2.24, 2.45) is 0 Å². The highest BCUT2D eigenvalue weighted by atomic mass is 16.3. The number of phenols is 1. The van der Waals surface area contributed by atoms with E-state index in [1.165, 1.54) is 11.1 Å². The maximum absolute atomic E-state index is 9.77. The van der Waals surface area contributed by atoms with E-state index >= 15 is 0 Å². The van der Waals surface area contributed by atoms with Gasteiger partial charge in [-0.05, 0) is 43.0 Å². The first-order chi connectivity index (χ1) is 9.08. The summed E-state index contributed by atoms with van der Waals surface area (Å²) in [5.74, 6) is 0.403. The van der Waals surface area contributed by atoms with Crippen molar-refractivity contribution in [2.45, 2.75) is 33.4 Å². The molecule has 2 heteroatoms. The van der Waals surface area contributed by atoms with Gasteiger partial charge in [-0.2, -0.15) is 0 Å². The smallest absolute Gasteiger partial charge is 0.121 e. The van der Waals surface area contributed by atoms with Crippen molar-refractivity contribution in [3.05, 3.63) is 64.7 Å². The number of nitrogens with one attached hydrogen (secondary N) is 1. The second-order valence-corrected chi connectivity index (χ2v) is 5.09. The predicted octanol–water partition coefficient (Wildman–Crippen LogP) is 3.86. The van der Waals surface area contributed by atoms with Crippen LogP contribution in [0.25, 0.3) is 0 Å². The molecule has 2 aromatic rings. The minimum atomic E-state index is 0.315. The number of aromatic hydroxyl groups is 1. The van der Waals surface area contributed by atoms with Crippen LogP contribution in [0.1, 0.15) is 35.2 Å². The van der Waals surface area contributed by atoms with E-state index in [0.717, 1.165) is 17.7 Å². The Labute approximate surface area is 115 Å². The SMILES string of the molecule is Cc1cc(CNC(C)c2ccccc2)cc(C)c1O. The minimum Gasteiger partial charge on any atom is -0.507 e. The molecule has 0 spiro atoms. The van der Waals surface area contributed by atoms with Crippen LogP contribution in [0.4, 0.5) is 0 Å². The largest absolute Gasteiger partial charge is 0.507 e. The van der Waals surface area contributed by atoms with Gasteiger partial charge in [-0.25, -0.2) is 0 Å². The van der Waals surface area contributed by atoms with E-state index in [0.29, 0.717) is 11.8 Å². The monoisotopic (exact) mass is 255 g/mol. The minimum absolute atomic E-state index is 0.315. The van der Waals surface area contributed by atoms with Gasteiger partial charge in [0.1, 0.15) is 5.75 Å². The maximum atomic E-state index is 9.77. The van der Waals surface area contributed by atoms with Gasteiger partial charge in [0, 0.05) is 12.6 Å².